The number of nitrogens with zero attached hydrogens (tertiary/aromatic N) is 6. The molecule has 2 aromatic rings. The van der Waals surface area contributed by atoms with E-state index in [4.69, 9.17) is 11.6 Å². The molecular formula is C22H33ClN6. The smallest absolute Gasteiger partial charge is 0.173 e. The zero-order chi connectivity index (χ0) is 20.2. The lowest BCUT2D eigenvalue weighted by Crippen LogP contribution is -2.51. The standard InChI is InChI=1S/C22H33ClN6/c1-17(2)11-12-29-22(24-25-26-29)21(18-7-9-19(23)10-8-18)28-15-13-27(14-16-28)20-5-3-4-6-20/h7-10,17,20-21H,3-6,11-16H2,1-2H3. The number of tetrazole rings is 1. The van der Waals surface area contributed by atoms with Gasteiger partial charge in [-0.3, -0.25) is 9.80 Å². The zero-order valence-corrected chi connectivity index (χ0v) is 18.4. The van der Waals surface area contributed by atoms with E-state index in [0.717, 1.165) is 56.0 Å². The van der Waals surface area contributed by atoms with E-state index in [-0.39, 0.29) is 6.04 Å². The van der Waals surface area contributed by atoms with E-state index >= 15 is 0 Å². The van der Waals surface area contributed by atoms with E-state index in [1.807, 2.05) is 16.8 Å². The van der Waals surface area contributed by atoms with Gasteiger partial charge in [0.1, 0.15) is 0 Å². The first kappa shape index (κ1) is 20.8. The molecule has 6 nitrogen and oxygen atoms in total. The van der Waals surface area contributed by atoms with Crippen LogP contribution in [0.2, 0.25) is 5.02 Å². The predicted molar refractivity (Wildman–Crippen MR) is 116 cm³/mol. The van der Waals surface area contributed by atoms with E-state index < -0.39 is 0 Å². The highest BCUT2D eigenvalue weighted by Gasteiger charge is 2.33. The molecule has 1 saturated carbocycles. The van der Waals surface area contributed by atoms with Gasteiger partial charge < -0.3 is 0 Å². The highest BCUT2D eigenvalue weighted by Crippen LogP contribution is 2.31. The van der Waals surface area contributed by atoms with Gasteiger partial charge in [-0.25, -0.2) is 4.68 Å². The number of hydrogen-bond acceptors (Lipinski definition) is 5. The van der Waals surface area contributed by atoms with Crippen molar-refractivity contribution in [2.75, 3.05) is 26.2 Å². The average Bonchev–Trinajstić information content (AvgIpc) is 3.41. The van der Waals surface area contributed by atoms with Crippen LogP contribution in [0.1, 0.15) is 63.4 Å². The van der Waals surface area contributed by atoms with Gasteiger partial charge in [0.15, 0.2) is 5.82 Å². The van der Waals surface area contributed by atoms with Crippen molar-refractivity contribution in [3.05, 3.63) is 40.7 Å². The fraction of sp³-hybridized carbons (Fsp3) is 0.682. The van der Waals surface area contributed by atoms with Crippen molar-refractivity contribution in [3.63, 3.8) is 0 Å². The second-order valence-electron chi connectivity index (χ2n) is 8.91. The monoisotopic (exact) mass is 416 g/mol. The number of aryl methyl sites for hydroxylation is 1. The predicted octanol–water partition coefficient (Wildman–Crippen LogP) is 4.02. The van der Waals surface area contributed by atoms with E-state index in [0.29, 0.717) is 5.92 Å². The van der Waals surface area contributed by atoms with Gasteiger partial charge in [-0.2, -0.15) is 0 Å². The van der Waals surface area contributed by atoms with Crippen LogP contribution >= 0.6 is 11.6 Å². The molecule has 7 heteroatoms. The number of rotatable bonds is 7. The van der Waals surface area contributed by atoms with E-state index in [1.54, 1.807) is 0 Å². The molecule has 4 rings (SSSR count). The van der Waals surface area contributed by atoms with Crippen molar-refractivity contribution in [2.45, 2.75) is 64.6 Å². The minimum Gasteiger partial charge on any atom is -0.298 e. The molecule has 1 aliphatic heterocycles. The summed E-state index contributed by atoms with van der Waals surface area (Å²) in [4.78, 5) is 5.25. The van der Waals surface area contributed by atoms with Crippen LogP contribution in [0, 0.1) is 5.92 Å². The molecule has 2 heterocycles. The summed E-state index contributed by atoms with van der Waals surface area (Å²) in [6.45, 7) is 9.67. The van der Waals surface area contributed by atoms with Gasteiger partial charge in [-0.15, -0.1) is 5.10 Å². The summed E-state index contributed by atoms with van der Waals surface area (Å²) < 4.78 is 2.00. The lowest BCUT2D eigenvalue weighted by molar-refractivity contribution is 0.0769. The summed E-state index contributed by atoms with van der Waals surface area (Å²) in [6.07, 6.45) is 6.59. The maximum Gasteiger partial charge on any atom is 0.173 e. The quantitative estimate of drug-likeness (QED) is 0.682. The van der Waals surface area contributed by atoms with Gasteiger partial charge >= 0.3 is 0 Å². The molecule has 2 fully saturated rings. The normalized spacial score (nSPS) is 20.6. The topological polar surface area (TPSA) is 50.1 Å². The Morgan fingerprint density at radius 2 is 1.72 bits per heavy atom. The van der Waals surface area contributed by atoms with Crippen molar-refractivity contribution >= 4 is 11.6 Å². The fourth-order valence-corrected chi connectivity index (χ4v) is 4.87. The first-order chi connectivity index (χ1) is 14.1. The first-order valence-corrected chi connectivity index (χ1v) is 11.5. The van der Waals surface area contributed by atoms with Crippen molar-refractivity contribution in [1.82, 2.24) is 30.0 Å². The summed E-state index contributed by atoms with van der Waals surface area (Å²) >= 11 is 6.17. The highest BCUT2D eigenvalue weighted by atomic mass is 35.5. The Bertz CT molecular complexity index is 760. The van der Waals surface area contributed by atoms with Crippen LogP contribution in [0.15, 0.2) is 24.3 Å². The van der Waals surface area contributed by atoms with Crippen LogP contribution in [0.5, 0.6) is 0 Å². The van der Waals surface area contributed by atoms with Gasteiger partial charge in [0, 0.05) is 43.8 Å². The molecule has 0 radical (unpaired) electrons. The Morgan fingerprint density at radius 1 is 1.03 bits per heavy atom. The average molecular weight is 417 g/mol. The Morgan fingerprint density at radius 3 is 2.38 bits per heavy atom. The Kier molecular flexibility index (Phi) is 6.83. The number of piperazine rings is 1. The van der Waals surface area contributed by atoms with Crippen molar-refractivity contribution in [1.29, 1.82) is 0 Å². The largest absolute Gasteiger partial charge is 0.298 e. The molecule has 1 aliphatic carbocycles. The van der Waals surface area contributed by atoms with Gasteiger partial charge in [0.2, 0.25) is 0 Å². The maximum absolute atomic E-state index is 6.17. The molecule has 1 unspecified atom stereocenters. The fourth-order valence-electron chi connectivity index (χ4n) is 4.75. The van der Waals surface area contributed by atoms with E-state index in [9.17, 15) is 0 Å². The van der Waals surface area contributed by atoms with Crippen LogP contribution in [0.4, 0.5) is 0 Å². The molecule has 1 atom stereocenters. The summed E-state index contributed by atoms with van der Waals surface area (Å²) in [6, 6.07) is 9.06. The van der Waals surface area contributed by atoms with Crippen LogP contribution in [-0.4, -0.2) is 62.2 Å². The summed E-state index contributed by atoms with van der Waals surface area (Å²) in [5.41, 5.74) is 1.21. The van der Waals surface area contributed by atoms with Crippen LogP contribution in [0.3, 0.4) is 0 Å². The second-order valence-corrected chi connectivity index (χ2v) is 9.34. The molecule has 29 heavy (non-hydrogen) atoms. The van der Waals surface area contributed by atoms with Crippen molar-refractivity contribution < 1.29 is 0 Å². The van der Waals surface area contributed by atoms with Crippen LogP contribution in [-0.2, 0) is 6.54 Å². The lowest BCUT2D eigenvalue weighted by Gasteiger charge is -2.41. The van der Waals surface area contributed by atoms with Crippen molar-refractivity contribution in [2.24, 2.45) is 5.92 Å². The van der Waals surface area contributed by atoms with Gasteiger partial charge in [-0.1, -0.05) is 50.4 Å². The zero-order valence-electron chi connectivity index (χ0n) is 17.7. The maximum atomic E-state index is 6.17. The molecular weight excluding hydrogens is 384 g/mol. The molecule has 2 aliphatic rings. The number of hydrogen-bond donors (Lipinski definition) is 0. The summed E-state index contributed by atoms with van der Waals surface area (Å²) in [7, 11) is 0. The minimum atomic E-state index is 0.0696. The minimum absolute atomic E-state index is 0.0696. The van der Waals surface area contributed by atoms with Gasteiger partial charge in [-0.05, 0) is 53.3 Å². The molecule has 0 amide bonds. The molecule has 1 saturated heterocycles. The SMILES string of the molecule is CC(C)CCn1nnnc1C(c1ccc(Cl)cc1)N1CCN(C2CCCC2)CC1. The Hall–Kier alpha value is -1.50. The third-order valence-electron chi connectivity index (χ3n) is 6.46. The number of benzene rings is 1. The first-order valence-electron chi connectivity index (χ1n) is 11.1. The van der Waals surface area contributed by atoms with Gasteiger partial charge in [0.25, 0.3) is 0 Å². The Labute approximate surface area is 179 Å². The lowest BCUT2D eigenvalue weighted by atomic mass is 10.0. The van der Waals surface area contributed by atoms with E-state index in [1.165, 1.54) is 31.2 Å². The van der Waals surface area contributed by atoms with Crippen LogP contribution < -0.4 is 0 Å². The molecule has 0 bridgehead atoms. The molecule has 1 aromatic carbocycles. The molecule has 0 spiro atoms. The van der Waals surface area contributed by atoms with E-state index in [2.05, 4.69) is 51.3 Å². The molecule has 158 valence electrons. The third kappa shape index (κ3) is 4.98. The Balaban J connectivity index is 1.55. The third-order valence-corrected chi connectivity index (χ3v) is 6.72. The van der Waals surface area contributed by atoms with Gasteiger partial charge in [0.05, 0.1) is 6.04 Å². The highest BCUT2D eigenvalue weighted by molar-refractivity contribution is 6.30. The number of aromatic nitrogens is 4. The summed E-state index contributed by atoms with van der Waals surface area (Å²) in [5, 5.41) is 13.6. The second kappa shape index (κ2) is 9.54. The van der Waals surface area contributed by atoms with Crippen LogP contribution in [0.25, 0.3) is 0 Å². The molecule has 0 N–H and O–H groups in total. The number of halogens is 1. The van der Waals surface area contributed by atoms with Crippen molar-refractivity contribution in [3.8, 4) is 0 Å². The summed E-state index contributed by atoms with van der Waals surface area (Å²) in [5.74, 6) is 1.57. The molecule has 1 aromatic heterocycles.